The minimum absolute atomic E-state index is 0.149. The molecule has 0 bridgehead atoms. The first-order chi connectivity index (χ1) is 21.2. The van der Waals surface area contributed by atoms with Gasteiger partial charge in [-0.15, -0.1) is 0 Å². The van der Waals surface area contributed by atoms with E-state index in [9.17, 15) is 24.5 Å². The maximum atomic E-state index is 13.2. The molecule has 14 heteroatoms. The van der Waals surface area contributed by atoms with Gasteiger partial charge in [-0.3, -0.25) is 20.1 Å². The molecule has 1 aromatic heterocycles. The molecule has 1 aliphatic rings. The first-order valence-electron chi connectivity index (χ1n) is 13.2. The molecule has 44 heavy (non-hydrogen) atoms. The summed E-state index contributed by atoms with van der Waals surface area (Å²) in [4.78, 5) is 53.8. The molecule has 0 amide bonds. The van der Waals surface area contributed by atoms with Crippen LogP contribution in [0.5, 0.6) is 0 Å². The second-order valence-corrected chi connectivity index (χ2v) is 9.49. The summed E-state index contributed by atoms with van der Waals surface area (Å²) >= 11 is 0. The van der Waals surface area contributed by atoms with Gasteiger partial charge in [-0.05, 0) is 36.4 Å². The van der Waals surface area contributed by atoms with E-state index >= 15 is 0 Å². The fourth-order valence-corrected chi connectivity index (χ4v) is 4.54. The van der Waals surface area contributed by atoms with Crippen molar-refractivity contribution in [2.24, 2.45) is 0 Å². The molecule has 1 saturated heterocycles. The van der Waals surface area contributed by atoms with Gasteiger partial charge in [0.15, 0.2) is 18.4 Å². The van der Waals surface area contributed by atoms with Crippen molar-refractivity contribution in [1.29, 1.82) is 5.41 Å². The molecule has 3 N–H and O–H groups in total. The lowest BCUT2D eigenvalue weighted by Gasteiger charge is -2.25. The van der Waals surface area contributed by atoms with Crippen molar-refractivity contribution >= 4 is 29.4 Å². The minimum Gasteiger partial charge on any atom is -0.459 e. The standard InChI is InChI=1S/C30H25N5O9/c31-25-22(35(39)40)26(32)34(17-33-25)27-24(44-30(38)20-14-8-3-9-15-20)23(43-29(37)19-12-6-2-7-13-19)21(42-27)16-41-28(36)18-10-4-1-5-11-18/h1-15,17,21,23-24,27,32H,16,31H2/t21-,23-,24-,27-/m1/s1. The third-order valence-corrected chi connectivity index (χ3v) is 6.68. The number of hydrogen-bond donors (Lipinski definition) is 2. The summed E-state index contributed by atoms with van der Waals surface area (Å²) < 4.78 is 24.1. The number of carbonyl (C=O) groups is 3. The van der Waals surface area contributed by atoms with Crippen LogP contribution in [-0.4, -0.2) is 57.3 Å². The van der Waals surface area contributed by atoms with Crippen LogP contribution in [0, 0.1) is 15.5 Å². The van der Waals surface area contributed by atoms with E-state index in [4.69, 9.17) is 30.1 Å². The Morgan fingerprint density at radius 3 is 1.82 bits per heavy atom. The molecule has 0 spiro atoms. The van der Waals surface area contributed by atoms with Crippen molar-refractivity contribution in [3.8, 4) is 0 Å². The lowest BCUT2D eigenvalue weighted by atomic mass is 10.1. The van der Waals surface area contributed by atoms with Gasteiger partial charge in [0.25, 0.3) is 0 Å². The fourth-order valence-electron chi connectivity index (χ4n) is 4.54. The molecule has 0 saturated carbocycles. The first kappa shape index (κ1) is 29.6. The molecule has 2 heterocycles. The molecule has 0 unspecified atom stereocenters. The summed E-state index contributed by atoms with van der Waals surface area (Å²) in [5.41, 5.74) is 4.69. The number of anilines is 1. The fraction of sp³-hybridized carbons (Fsp3) is 0.167. The van der Waals surface area contributed by atoms with E-state index in [0.717, 1.165) is 10.9 Å². The smallest absolute Gasteiger partial charge is 0.353 e. The lowest BCUT2D eigenvalue weighted by molar-refractivity contribution is -0.386. The molecule has 0 aliphatic carbocycles. The first-order valence-corrected chi connectivity index (χ1v) is 13.2. The Kier molecular flexibility index (Phi) is 8.72. The van der Waals surface area contributed by atoms with Gasteiger partial charge >= 0.3 is 23.6 Å². The molecule has 5 rings (SSSR count). The van der Waals surface area contributed by atoms with Gasteiger partial charge in [0.2, 0.25) is 11.3 Å². The van der Waals surface area contributed by atoms with Crippen molar-refractivity contribution in [2.45, 2.75) is 24.5 Å². The molecular formula is C30H25N5O9. The predicted octanol–water partition coefficient (Wildman–Crippen LogP) is 3.06. The highest BCUT2D eigenvalue weighted by Crippen LogP contribution is 2.35. The number of nitro groups is 1. The zero-order valence-electron chi connectivity index (χ0n) is 22.8. The predicted molar refractivity (Wildman–Crippen MR) is 151 cm³/mol. The van der Waals surface area contributed by atoms with E-state index in [-0.39, 0.29) is 16.7 Å². The van der Waals surface area contributed by atoms with Gasteiger partial charge in [0.1, 0.15) is 19.0 Å². The molecule has 4 atom stereocenters. The van der Waals surface area contributed by atoms with Crippen LogP contribution in [-0.2, 0) is 18.9 Å². The van der Waals surface area contributed by atoms with Crippen molar-refractivity contribution in [1.82, 2.24) is 9.55 Å². The van der Waals surface area contributed by atoms with E-state index in [1.807, 2.05) is 0 Å². The molecular weight excluding hydrogens is 574 g/mol. The van der Waals surface area contributed by atoms with E-state index < -0.39 is 71.0 Å². The highest BCUT2D eigenvalue weighted by molar-refractivity contribution is 5.91. The Bertz CT molecular complexity index is 1730. The molecule has 4 aromatic rings. The monoisotopic (exact) mass is 599 g/mol. The topological polar surface area (TPSA) is 199 Å². The number of hydrogen-bond acceptors (Lipinski definition) is 12. The summed E-state index contributed by atoms with van der Waals surface area (Å²) in [6.07, 6.45) is -4.64. The van der Waals surface area contributed by atoms with Gasteiger partial charge in [-0.25, -0.2) is 19.4 Å². The second-order valence-electron chi connectivity index (χ2n) is 9.49. The average Bonchev–Trinajstić information content (AvgIpc) is 3.36. The van der Waals surface area contributed by atoms with Crippen LogP contribution in [0.15, 0.2) is 97.3 Å². The lowest BCUT2D eigenvalue weighted by Crippen LogP contribution is -2.42. The summed E-state index contributed by atoms with van der Waals surface area (Å²) in [7, 11) is 0. The molecule has 1 aliphatic heterocycles. The van der Waals surface area contributed by atoms with Gasteiger partial charge in [0, 0.05) is 0 Å². The number of nitrogens with one attached hydrogen (secondary N) is 1. The van der Waals surface area contributed by atoms with Crippen LogP contribution in [0.4, 0.5) is 11.5 Å². The normalized spacial score (nSPS) is 19.1. The van der Waals surface area contributed by atoms with Gasteiger partial charge in [-0.1, -0.05) is 54.6 Å². The number of nitrogen functional groups attached to an aromatic ring is 1. The summed E-state index contributed by atoms with van der Waals surface area (Å²) in [6, 6.07) is 24.0. The average molecular weight is 600 g/mol. The number of nitrogens with two attached hydrogens (primary N) is 1. The van der Waals surface area contributed by atoms with Crippen LogP contribution in [0.25, 0.3) is 0 Å². The van der Waals surface area contributed by atoms with Gasteiger partial charge < -0.3 is 24.7 Å². The Hall–Kier alpha value is -5.89. The number of nitrogens with zero attached hydrogens (tertiary/aromatic N) is 3. The SMILES string of the molecule is N=c1c([N+](=O)[O-])c(N)ncn1[C@@H]1O[C@H](COC(=O)c2ccccc2)[C@@H](OC(=O)c2ccccc2)[C@H]1OC(=O)c1ccccc1. The third kappa shape index (κ3) is 6.29. The number of rotatable bonds is 9. The zero-order valence-corrected chi connectivity index (χ0v) is 22.8. The molecule has 14 nitrogen and oxygen atoms in total. The summed E-state index contributed by atoms with van der Waals surface area (Å²) in [5.74, 6) is -2.87. The highest BCUT2D eigenvalue weighted by Gasteiger charge is 2.52. The van der Waals surface area contributed by atoms with E-state index in [0.29, 0.717) is 0 Å². The maximum Gasteiger partial charge on any atom is 0.353 e. The summed E-state index contributed by atoms with van der Waals surface area (Å²) in [5, 5.41) is 20.2. The van der Waals surface area contributed by atoms with E-state index in [2.05, 4.69) is 4.98 Å². The molecule has 1 fully saturated rings. The van der Waals surface area contributed by atoms with Gasteiger partial charge in [0.05, 0.1) is 21.6 Å². The Balaban J connectivity index is 1.55. The van der Waals surface area contributed by atoms with Crippen LogP contribution >= 0.6 is 0 Å². The summed E-state index contributed by atoms with van der Waals surface area (Å²) in [6.45, 7) is -0.477. The van der Waals surface area contributed by atoms with E-state index in [1.54, 1.807) is 66.7 Å². The van der Waals surface area contributed by atoms with Crippen molar-refractivity contribution < 1.29 is 38.3 Å². The Labute approximate surface area is 249 Å². The number of esters is 3. The number of ether oxygens (including phenoxy) is 4. The third-order valence-electron chi connectivity index (χ3n) is 6.68. The van der Waals surface area contributed by atoms with Crippen molar-refractivity contribution in [3.05, 3.63) is 130 Å². The quantitative estimate of drug-likeness (QED) is 0.124. The van der Waals surface area contributed by atoms with Crippen LogP contribution in [0.1, 0.15) is 37.3 Å². The van der Waals surface area contributed by atoms with E-state index in [1.165, 1.54) is 24.3 Å². The Morgan fingerprint density at radius 2 is 1.32 bits per heavy atom. The Morgan fingerprint density at radius 1 is 0.841 bits per heavy atom. The number of carbonyl (C=O) groups excluding carboxylic acids is 3. The highest BCUT2D eigenvalue weighted by atomic mass is 16.7. The molecule has 3 aromatic carbocycles. The minimum atomic E-state index is -1.49. The van der Waals surface area contributed by atoms with Crippen LogP contribution < -0.4 is 11.2 Å². The largest absolute Gasteiger partial charge is 0.459 e. The van der Waals surface area contributed by atoms with Gasteiger partial charge in [-0.2, -0.15) is 0 Å². The van der Waals surface area contributed by atoms with Crippen molar-refractivity contribution in [3.63, 3.8) is 0 Å². The van der Waals surface area contributed by atoms with Crippen molar-refractivity contribution in [2.75, 3.05) is 12.3 Å². The second kappa shape index (κ2) is 13.0. The zero-order chi connectivity index (χ0) is 31.2. The number of benzene rings is 3. The van der Waals surface area contributed by atoms with Crippen LogP contribution in [0.3, 0.4) is 0 Å². The number of aromatic nitrogens is 2. The maximum absolute atomic E-state index is 13.2. The molecule has 224 valence electrons. The van der Waals surface area contributed by atoms with Crippen LogP contribution in [0.2, 0.25) is 0 Å². The molecule has 0 radical (unpaired) electrons.